The molecule has 1 aromatic carbocycles. The first-order valence-electron chi connectivity index (χ1n) is 6.17. The van der Waals surface area contributed by atoms with Crippen molar-refractivity contribution in [3.8, 4) is 5.75 Å². The van der Waals surface area contributed by atoms with Gasteiger partial charge in [0.1, 0.15) is 5.75 Å². The summed E-state index contributed by atoms with van der Waals surface area (Å²) in [6, 6.07) is 4.99. The Bertz CT molecular complexity index is 471. The summed E-state index contributed by atoms with van der Waals surface area (Å²) in [4.78, 5) is 13.7. The van der Waals surface area contributed by atoms with Crippen molar-refractivity contribution in [2.45, 2.75) is 18.9 Å². The number of hydrogen-bond donors (Lipinski definition) is 1. The number of carbonyl (C=O) groups is 1. The summed E-state index contributed by atoms with van der Waals surface area (Å²) in [6.07, 6.45) is 1.91. The molecule has 0 aliphatic carbocycles. The highest BCUT2D eigenvalue weighted by Gasteiger charge is 2.21. The second-order valence-electron chi connectivity index (χ2n) is 4.61. The number of nitrogens with zero attached hydrogens (tertiary/aromatic N) is 1. The number of amides is 1. The van der Waals surface area contributed by atoms with E-state index in [1.807, 2.05) is 0 Å². The van der Waals surface area contributed by atoms with E-state index in [4.69, 9.17) is 33.7 Å². The third-order valence-corrected chi connectivity index (χ3v) is 3.80. The van der Waals surface area contributed by atoms with Crippen LogP contribution in [0, 0.1) is 0 Å². The Hall–Kier alpha value is -0.680. The maximum atomic E-state index is 12.0. The molecule has 1 saturated heterocycles. The number of rotatable bonds is 3. The van der Waals surface area contributed by atoms with Crippen molar-refractivity contribution in [3.05, 3.63) is 28.2 Å². The van der Waals surface area contributed by atoms with Crippen LogP contribution in [0.1, 0.15) is 12.8 Å². The molecule has 4 nitrogen and oxygen atoms in total. The molecular weight excluding hydrogens is 323 g/mol. The molecule has 0 aromatic heterocycles. The fourth-order valence-corrected chi connectivity index (χ4v) is 2.33. The van der Waals surface area contributed by atoms with Crippen LogP contribution >= 0.6 is 35.6 Å². The van der Waals surface area contributed by atoms with Gasteiger partial charge in [-0.2, -0.15) is 0 Å². The van der Waals surface area contributed by atoms with E-state index >= 15 is 0 Å². The van der Waals surface area contributed by atoms with Crippen LogP contribution < -0.4 is 10.5 Å². The summed E-state index contributed by atoms with van der Waals surface area (Å²) < 4.78 is 5.42. The molecule has 1 aliphatic heterocycles. The van der Waals surface area contributed by atoms with Crippen molar-refractivity contribution in [1.82, 2.24) is 4.90 Å². The lowest BCUT2D eigenvalue weighted by Gasteiger charge is -2.30. The minimum Gasteiger partial charge on any atom is -0.484 e. The van der Waals surface area contributed by atoms with Gasteiger partial charge in [0.25, 0.3) is 5.91 Å². The van der Waals surface area contributed by atoms with E-state index in [1.165, 1.54) is 0 Å². The summed E-state index contributed by atoms with van der Waals surface area (Å²) in [5.41, 5.74) is 5.84. The van der Waals surface area contributed by atoms with Gasteiger partial charge in [-0.05, 0) is 25.0 Å². The largest absolute Gasteiger partial charge is 0.484 e. The third-order valence-electron chi connectivity index (χ3n) is 3.06. The zero-order chi connectivity index (χ0) is 13.8. The lowest BCUT2D eigenvalue weighted by molar-refractivity contribution is -0.134. The molecule has 1 aromatic rings. The summed E-state index contributed by atoms with van der Waals surface area (Å²) in [5.74, 6) is 0.477. The zero-order valence-corrected chi connectivity index (χ0v) is 13.2. The van der Waals surface area contributed by atoms with Crippen LogP contribution in [0.25, 0.3) is 0 Å². The SMILES string of the molecule is Cl.NC1CCCN(C(=O)COc2ccc(Cl)c(Cl)c2)C1. The predicted octanol–water partition coefficient (Wildman–Crippen LogP) is 2.74. The minimum atomic E-state index is -0.0544. The maximum Gasteiger partial charge on any atom is 0.260 e. The Kier molecular flexibility index (Phi) is 6.89. The first-order valence-corrected chi connectivity index (χ1v) is 6.93. The molecule has 1 unspecified atom stereocenters. The van der Waals surface area contributed by atoms with Gasteiger partial charge in [0.2, 0.25) is 0 Å². The number of likely N-dealkylation sites (tertiary alicyclic amines) is 1. The molecule has 1 fully saturated rings. The van der Waals surface area contributed by atoms with Crippen LogP contribution in [0.5, 0.6) is 5.75 Å². The molecule has 0 radical (unpaired) electrons. The normalized spacial score (nSPS) is 18.4. The molecule has 0 bridgehead atoms. The second kappa shape index (κ2) is 7.93. The van der Waals surface area contributed by atoms with Gasteiger partial charge < -0.3 is 15.4 Å². The molecule has 1 atom stereocenters. The molecule has 1 amide bonds. The van der Waals surface area contributed by atoms with E-state index in [-0.39, 0.29) is 31.0 Å². The van der Waals surface area contributed by atoms with Crippen LogP contribution in [0.4, 0.5) is 0 Å². The molecule has 0 saturated carbocycles. The quantitative estimate of drug-likeness (QED) is 0.921. The lowest BCUT2D eigenvalue weighted by Crippen LogP contribution is -2.47. The summed E-state index contributed by atoms with van der Waals surface area (Å²) in [6.45, 7) is 1.34. The van der Waals surface area contributed by atoms with E-state index in [1.54, 1.807) is 23.1 Å². The van der Waals surface area contributed by atoms with Crippen molar-refractivity contribution >= 4 is 41.5 Å². The number of carbonyl (C=O) groups excluding carboxylic acids is 1. The highest BCUT2D eigenvalue weighted by Crippen LogP contribution is 2.26. The Labute approximate surface area is 134 Å². The van der Waals surface area contributed by atoms with Gasteiger partial charge in [-0.25, -0.2) is 0 Å². The van der Waals surface area contributed by atoms with E-state index in [2.05, 4.69) is 0 Å². The Morgan fingerprint density at radius 3 is 2.80 bits per heavy atom. The molecule has 7 heteroatoms. The highest BCUT2D eigenvalue weighted by atomic mass is 35.5. The van der Waals surface area contributed by atoms with E-state index in [0.717, 1.165) is 19.4 Å². The number of benzene rings is 1. The number of piperidine rings is 1. The molecule has 112 valence electrons. The first kappa shape index (κ1) is 17.4. The maximum absolute atomic E-state index is 12.0. The molecular formula is C13H17Cl3N2O2. The van der Waals surface area contributed by atoms with Gasteiger partial charge in [0.15, 0.2) is 6.61 Å². The molecule has 1 heterocycles. The minimum absolute atomic E-state index is 0. The van der Waals surface area contributed by atoms with Crippen LogP contribution in [0.3, 0.4) is 0 Å². The molecule has 20 heavy (non-hydrogen) atoms. The van der Waals surface area contributed by atoms with Gasteiger partial charge in [0.05, 0.1) is 10.0 Å². The van der Waals surface area contributed by atoms with Crippen LogP contribution in [-0.2, 0) is 4.79 Å². The number of hydrogen-bond acceptors (Lipinski definition) is 3. The number of nitrogens with two attached hydrogens (primary N) is 1. The smallest absolute Gasteiger partial charge is 0.260 e. The van der Waals surface area contributed by atoms with E-state index < -0.39 is 0 Å². The molecule has 2 N–H and O–H groups in total. The first-order chi connectivity index (χ1) is 9.06. The Balaban J connectivity index is 0.00000200. The van der Waals surface area contributed by atoms with Crippen LogP contribution in [0.2, 0.25) is 10.0 Å². The highest BCUT2D eigenvalue weighted by molar-refractivity contribution is 6.42. The predicted molar refractivity (Wildman–Crippen MR) is 83.0 cm³/mol. The van der Waals surface area contributed by atoms with Crippen molar-refractivity contribution in [1.29, 1.82) is 0 Å². The van der Waals surface area contributed by atoms with Gasteiger partial charge in [-0.1, -0.05) is 23.2 Å². The van der Waals surface area contributed by atoms with Crippen molar-refractivity contribution in [3.63, 3.8) is 0 Å². The van der Waals surface area contributed by atoms with Crippen LogP contribution in [-0.4, -0.2) is 36.5 Å². The van der Waals surface area contributed by atoms with Crippen molar-refractivity contribution in [2.24, 2.45) is 5.73 Å². The van der Waals surface area contributed by atoms with Gasteiger partial charge >= 0.3 is 0 Å². The van der Waals surface area contributed by atoms with Crippen LogP contribution in [0.15, 0.2) is 18.2 Å². The van der Waals surface area contributed by atoms with Gasteiger partial charge in [0, 0.05) is 25.2 Å². The third kappa shape index (κ3) is 4.70. The fraction of sp³-hybridized carbons (Fsp3) is 0.462. The van der Waals surface area contributed by atoms with Gasteiger partial charge in [-0.15, -0.1) is 12.4 Å². The molecule has 0 spiro atoms. The summed E-state index contributed by atoms with van der Waals surface area (Å²) in [7, 11) is 0. The Morgan fingerprint density at radius 2 is 2.15 bits per heavy atom. The van der Waals surface area contributed by atoms with E-state index in [0.29, 0.717) is 22.3 Å². The zero-order valence-electron chi connectivity index (χ0n) is 10.9. The van der Waals surface area contributed by atoms with E-state index in [9.17, 15) is 4.79 Å². The standard InChI is InChI=1S/C13H16Cl2N2O2.ClH/c14-11-4-3-10(6-12(11)15)19-8-13(18)17-5-1-2-9(16)7-17;/h3-4,6,9H,1-2,5,7-8,16H2;1H. The lowest BCUT2D eigenvalue weighted by atomic mass is 10.1. The average molecular weight is 340 g/mol. The average Bonchev–Trinajstić information content (AvgIpc) is 2.40. The monoisotopic (exact) mass is 338 g/mol. The summed E-state index contributed by atoms with van der Waals surface area (Å²) >= 11 is 11.7. The topological polar surface area (TPSA) is 55.6 Å². The molecule has 2 rings (SSSR count). The van der Waals surface area contributed by atoms with Crippen molar-refractivity contribution in [2.75, 3.05) is 19.7 Å². The summed E-state index contributed by atoms with van der Waals surface area (Å²) in [5, 5.41) is 0.869. The second-order valence-corrected chi connectivity index (χ2v) is 5.42. The van der Waals surface area contributed by atoms with Crippen molar-refractivity contribution < 1.29 is 9.53 Å². The Morgan fingerprint density at radius 1 is 1.40 bits per heavy atom. The number of ether oxygens (including phenoxy) is 1. The van der Waals surface area contributed by atoms with Gasteiger partial charge in [-0.3, -0.25) is 4.79 Å². The molecule has 1 aliphatic rings. The fourth-order valence-electron chi connectivity index (χ4n) is 2.04. The number of halogens is 3.